The largest absolute Gasteiger partial charge is 0.508 e. The molecule has 0 fully saturated rings. The maximum Gasteiger partial charge on any atom is 0.128 e. The Hall–Kier alpha value is -1.70. The highest BCUT2D eigenvalue weighted by Crippen LogP contribution is 2.40. The van der Waals surface area contributed by atoms with E-state index in [4.69, 9.17) is 4.74 Å². The third kappa shape index (κ3) is 1.05. The van der Waals surface area contributed by atoms with Gasteiger partial charge >= 0.3 is 0 Å². The first-order valence-corrected chi connectivity index (χ1v) is 5.20. The molecule has 0 saturated heterocycles. The molecule has 0 aromatic heterocycles. The summed E-state index contributed by atoms with van der Waals surface area (Å²) in [6.07, 6.45) is 0.842. The zero-order valence-corrected chi connectivity index (χ0v) is 8.58. The fourth-order valence-corrected chi connectivity index (χ4v) is 2.36. The second-order valence-corrected chi connectivity index (χ2v) is 3.85. The van der Waals surface area contributed by atoms with Crippen molar-refractivity contribution in [2.75, 3.05) is 0 Å². The molecule has 2 aromatic rings. The number of phenolic OH excluding ortho intramolecular Hbond substituents is 1. The molecule has 0 radical (unpaired) electrons. The fourth-order valence-electron chi connectivity index (χ4n) is 2.36. The van der Waals surface area contributed by atoms with Gasteiger partial charge in [-0.3, -0.25) is 0 Å². The Morgan fingerprint density at radius 1 is 1.40 bits per heavy atom. The summed E-state index contributed by atoms with van der Waals surface area (Å²) in [6.45, 7) is 2.64. The van der Waals surface area contributed by atoms with Crippen molar-refractivity contribution in [3.05, 3.63) is 35.4 Å². The average Bonchev–Trinajstić information content (AvgIpc) is 2.64. The Morgan fingerprint density at radius 2 is 2.27 bits per heavy atom. The second kappa shape index (κ2) is 2.89. The predicted molar refractivity (Wildman–Crippen MR) is 59.3 cm³/mol. The van der Waals surface area contributed by atoms with Crippen LogP contribution in [0.25, 0.3) is 10.8 Å². The molecule has 0 unspecified atom stereocenters. The lowest BCUT2D eigenvalue weighted by atomic mass is 9.98. The van der Waals surface area contributed by atoms with Crippen molar-refractivity contribution in [1.29, 1.82) is 0 Å². The Morgan fingerprint density at radius 3 is 3.07 bits per heavy atom. The maximum atomic E-state index is 9.89. The molecular weight excluding hydrogens is 188 g/mol. The summed E-state index contributed by atoms with van der Waals surface area (Å²) in [5, 5.41) is 12.1. The van der Waals surface area contributed by atoms with Crippen molar-refractivity contribution in [2.45, 2.75) is 20.0 Å². The van der Waals surface area contributed by atoms with Crippen LogP contribution in [-0.4, -0.2) is 5.11 Å². The monoisotopic (exact) mass is 200 g/mol. The molecule has 0 aliphatic carbocycles. The van der Waals surface area contributed by atoms with E-state index in [1.165, 1.54) is 5.39 Å². The van der Waals surface area contributed by atoms with E-state index in [1.807, 2.05) is 24.3 Å². The van der Waals surface area contributed by atoms with E-state index < -0.39 is 0 Å². The fraction of sp³-hybridized carbons (Fsp3) is 0.231. The lowest BCUT2D eigenvalue weighted by molar-refractivity contribution is 0.325. The summed E-state index contributed by atoms with van der Waals surface area (Å²) in [7, 11) is 0. The first-order chi connectivity index (χ1) is 7.31. The van der Waals surface area contributed by atoms with Gasteiger partial charge in [-0.05, 0) is 23.9 Å². The third-order valence-corrected chi connectivity index (χ3v) is 3.05. The Balaban J connectivity index is 2.48. The van der Waals surface area contributed by atoms with Crippen molar-refractivity contribution in [1.82, 2.24) is 0 Å². The molecule has 0 spiro atoms. The number of hydrogen-bond acceptors (Lipinski definition) is 2. The van der Waals surface area contributed by atoms with Crippen LogP contribution in [0.4, 0.5) is 0 Å². The minimum absolute atomic E-state index is 0.391. The molecule has 1 N–H and O–H groups in total. The summed E-state index contributed by atoms with van der Waals surface area (Å²) in [4.78, 5) is 0. The average molecular weight is 200 g/mol. The summed E-state index contributed by atoms with van der Waals surface area (Å²) < 4.78 is 5.60. The van der Waals surface area contributed by atoms with Gasteiger partial charge in [0.05, 0.1) is 0 Å². The number of benzene rings is 2. The van der Waals surface area contributed by atoms with Crippen LogP contribution in [0.3, 0.4) is 0 Å². The van der Waals surface area contributed by atoms with Crippen molar-refractivity contribution >= 4 is 10.8 Å². The van der Waals surface area contributed by atoms with Crippen LogP contribution in [0.1, 0.15) is 18.1 Å². The van der Waals surface area contributed by atoms with Crippen LogP contribution >= 0.6 is 0 Å². The van der Waals surface area contributed by atoms with Crippen molar-refractivity contribution in [3.63, 3.8) is 0 Å². The quantitative estimate of drug-likeness (QED) is 0.766. The number of phenols is 1. The van der Waals surface area contributed by atoms with E-state index >= 15 is 0 Å². The molecule has 2 aromatic carbocycles. The van der Waals surface area contributed by atoms with E-state index in [0.29, 0.717) is 12.4 Å². The number of rotatable bonds is 1. The molecule has 2 nitrogen and oxygen atoms in total. The van der Waals surface area contributed by atoms with Gasteiger partial charge in [-0.25, -0.2) is 0 Å². The Kier molecular flexibility index (Phi) is 1.66. The van der Waals surface area contributed by atoms with Gasteiger partial charge in [0.2, 0.25) is 0 Å². The van der Waals surface area contributed by atoms with Gasteiger partial charge in [-0.2, -0.15) is 0 Å². The van der Waals surface area contributed by atoms with Gasteiger partial charge in [-0.1, -0.05) is 19.1 Å². The third-order valence-electron chi connectivity index (χ3n) is 3.05. The predicted octanol–water partition coefficient (Wildman–Crippen LogP) is 3.00. The first kappa shape index (κ1) is 8.60. The lowest BCUT2D eigenvalue weighted by Gasteiger charge is -2.07. The van der Waals surface area contributed by atoms with Crippen LogP contribution < -0.4 is 4.74 Å². The molecule has 2 heteroatoms. The van der Waals surface area contributed by atoms with Gasteiger partial charge in [0.25, 0.3) is 0 Å². The van der Waals surface area contributed by atoms with Gasteiger partial charge < -0.3 is 9.84 Å². The summed E-state index contributed by atoms with van der Waals surface area (Å²) in [6, 6.07) is 7.78. The molecule has 0 bridgehead atoms. The summed E-state index contributed by atoms with van der Waals surface area (Å²) in [5.74, 6) is 1.33. The second-order valence-electron chi connectivity index (χ2n) is 3.85. The van der Waals surface area contributed by atoms with Gasteiger partial charge in [0.15, 0.2) is 0 Å². The number of aromatic hydroxyl groups is 1. The smallest absolute Gasteiger partial charge is 0.128 e. The van der Waals surface area contributed by atoms with Crippen LogP contribution in [0.2, 0.25) is 0 Å². The minimum atomic E-state index is 0.391. The number of hydrogen-bond donors (Lipinski definition) is 1. The zero-order valence-electron chi connectivity index (χ0n) is 8.58. The molecular formula is C13H12O2. The molecule has 1 heterocycles. The highest BCUT2D eigenvalue weighted by molar-refractivity contribution is 5.95. The lowest BCUT2D eigenvalue weighted by Crippen LogP contribution is -1.92. The Bertz CT molecular complexity index is 544. The van der Waals surface area contributed by atoms with E-state index in [9.17, 15) is 5.11 Å². The van der Waals surface area contributed by atoms with E-state index in [-0.39, 0.29) is 0 Å². The van der Waals surface area contributed by atoms with E-state index in [1.54, 1.807) is 0 Å². The highest BCUT2D eigenvalue weighted by Gasteiger charge is 2.20. The number of ether oxygens (including phenoxy) is 1. The summed E-state index contributed by atoms with van der Waals surface area (Å²) >= 11 is 0. The minimum Gasteiger partial charge on any atom is -0.508 e. The van der Waals surface area contributed by atoms with E-state index in [0.717, 1.165) is 28.7 Å². The van der Waals surface area contributed by atoms with Crippen LogP contribution in [0.5, 0.6) is 11.5 Å². The van der Waals surface area contributed by atoms with Crippen molar-refractivity contribution in [3.8, 4) is 11.5 Å². The molecule has 1 aliphatic heterocycles. The molecule has 3 rings (SSSR count). The topological polar surface area (TPSA) is 29.5 Å². The molecule has 15 heavy (non-hydrogen) atoms. The molecule has 0 amide bonds. The van der Waals surface area contributed by atoms with Crippen molar-refractivity contribution in [2.24, 2.45) is 0 Å². The van der Waals surface area contributed by atoms with Crippen molar-refractivity contribution < 1.29 is 9.84 Å². The highest BCUT2D eigenvalue weighted by atomic mass is 16.5. The SMILES string of the molecule is CCc1c(O)cc2cccc3c2c1CO3. The molecule has 76 valence electrons. The van der Waals surface area contributed by atoms with E-state index in [2.05, 4.69) is 6.92 Å². The maximum absolute atomic E-state index is 9.89. The van der Waals surface area contributed by atoms with Gasteiger partial charge in [0.1, 0.15) is 18.1 Å². The Labute approximate surface area is 88.1 Å². The van der Waals surface area contributed by atoms with Crippen LogP contribution in [0.15, 0.2) is 24.3 Å². The van der Waals surface area contributed by atoms with Crippen LogP contribution in [-0.2, 0) is 13.0 Å². The normalized spacial score (nSPS) is 13.1. The van der Waals surface area contributed by atoms with Gasteiger partial charge in [-0.15, -0.1) is 0 Å². The zero-order chi connectivity index (χ0) is 10.4. The molecule has 0 saturated carbocycles. The van der Waals surface area contributed by atoms with Gasteiger partial charge in [0, 0.05) is 16.5 Å². The molecule has 1 aliphatic rings. The first-order valence-electron chi connectivity index (χ1n) is 5.20. The summed E-state index contributed by atoms with van der Waals surface area (Å²) in [5.41, 5.74) is 2.18. The van der Waals surface area contributed by atoms with Crippen LogP contribution in [0, 0.1) is 0 Å². The standard InChI is InChI=1S/C13H12O2/c1-2-9-10-7-15-12-5-3-4-8(13(10)12)6-11(9)14/h3-6,14H,2,7H2,1H3. The molecule has 0 atom stereocenters.